The van der Waals surface area contributed by atoms with Crippen molar-refractivity contribution in [1.29, 1.82) is 0 Å². The van der Waals surface area contributed by atoms with E-state index in [-0.39, 0.29) is 70.1 Å². The first-order chi connectivity index (χ1) is 22.7. The molecule has 1 amide bonds. The summed E-state index contributed by atoms with van der Waals surface area (Å²) >= 11 is 0. The van der Waals surface area contributed by atoms with Crippen molar-refractivity contribution in [2.24, 2.45) is 56.2 Å². The molecule has 0 spiro atoms. The van der Waals surface area contributed by atoms with Crippen LogP contribution < -0.4 is 5.32 Å². The van der Waals surface area contributed by atoms with Gasteiger partial charge in [0, 0.05) is 24.2 Å². The molecule has 0 bridgehead atoms. The summed E-state index contributed by atoms with van der Waals surface area (Å²) in [5.74, 6) is -0.237. The predicted octanol–water partition coefficient (Wildman–Crippen LogP) is 7.81. The zero-order chi connectivity index (χ0) is 35.9. The Bertz CT molecular complexity index is 1580. The van der Waals surface area contributed by atoms with Gasteiger partial charge < -0.3 is 9.84 Å². The van der Waals surface area contributed by atoms with Crippen LogP contribution in [0.2, 0.25) is 0 Å². The number of carbonyl (C=O) groups is 4. The lowest BCUT2D eigenvalue weighted by Gasteiger charge is -2.72. The Morgan fingerprint density at radius 1 is 0.939 bits per heavy atom. The first-order valence-corrected chi connectivity index (χ1v) is 18.5. The largest absolute Gasteiger partial charge is 0.481 e. The maximum absolute atomic E-state index is 14.3. The molecule has 49 heavy (non-hydrogen) atoms. The topological polar surface area (TPSA) is 136 Å². The molecule has 2 unspecified atom stereocenters. The number of hydrogen-bond donors (Lipinski definition) is 2. The summed E-state index contributed by atoms with van der Waals surface area (Å²) in [6, 6.07) is 1.72. The Labute approximate surface area is 291 Å². The van der Waals surface area contributed by atoms with Crippen LogP contribution in [0.3, 0.4) is 0 Å². The van der Waals surface area contributed by atoms with Crippen molar-refractivity contribution >= 4 is 29.6 Å². The van der Waals surface area contributed by atoms with Crippen molar-refractivity contribution in [1.82, 2.24) is 9.97 Å². The molecular weight excluding hydrogens is 618 g/mol. The van der Waals surface area contributed by atoms with Gasteiger partial charge in [-0.15, -0.1) is 0 Å². The highest BCUT2D eigenvalue weighted by Gasteiger charge is 2.71. The van der Waals surface area contributed by atoms with Crippen molar-refractivity contribution in [3.8, 4) is 0 Å². The molecule has 1 aromatic heterocycles. The standard InChI is InChI=1S/C40H57N3O6/c1-23(2)30-25(44)21-40(32(46)43-34-41-19-10-20-42-34)18-17-38(8)24(31(30)40)11-12-27-37(7)15-14-28(49-29(45)22-35(3,4)33(47)48)36(5,6)26(37)13-16-39(27,38)9/h10,19-20,23-24,26-28H,11-18,21-22H2,1-9H3,(H,47,48)(H,41,42,43,46)/t24-,26?,27?,28+,37+,38-,39-,40-/m1/s1. The lowest BCUT2D eigenvalue weighted by atomic mass is 9.33. The summed E-state index contributed by atoms with van der Waals surface area (Å²) in [6.45, 7) is 19.3. The number of nitrogens with one attached hydrogen (secondary N) is 1. The number of rotatable bonds is 7. The molecule has 0 saturated heterocycles. The minimum Gasteiger partial charge on any atom is -0.481 e. The van der Waals surface area contributed by atoms with E-state index in [0.717, 1.165) is 56.1 Å². The minimum absolute atomic E-state index is 0.00181. The fourth-order valence-electron chi connectivity index (χ4n) is 12.3. The molecule has 1 heterocycles. The average molecular weight is 676 g/mol. The number of ketones is 1. The smallest absolute Gasteiger partial charge is 0.309 e. The molecule has 0 aliphatic heterocycles. The van der Waals surface area contributed by atoms with Crippen LogP contribution in [0.15, 0.2) is 29.6 Å². The Balaban J connectivity index is 1.31. The van der Waals surface area contributed by atoms with E-state index in [2.05, 4.69) is 63.8 Å². The monoisotopic (exact) mass is 675 g/mol. The average Bonchev–Trinajstić information content (AvgIpc) is 3.32. The van der Waals surface area contributed by atoms with Crippen LogP contribution in [0, 0.1) is 56.2 Å². The lowest BCUT2D eigenvalue weighted by Crippen LogP contribution is -2.66. The van der Waals surface area contributed by atoms with Gasteiger partial charge in [-0.3, -0.25) is 24.5 Å². The van der Waals surface area contributed by atoms with Crippen LogP contribution in [-0.2, 0) is 23.9 Å². The molecule has 9 heteroatoms. The number of aliphatic carboxylic acids is 1. The second-order valence-corrected chi connectivity index (χ2v) is 18.5. The molecule has 4 saturated carbocycles. The summed E-state index contributed by atoms with van der Waals surface area (Å²) in [5.41, 5.74) is -0.398. The third-order valence-electron chi connectivity index (χ3n) is 15.0. The number of anilines is 1. The first kappa shape index (κ1) is 35.7. The number of amides is 1. The number of ether oxygens (including phenoxy) is 1. The molecule has 2 N–H and O–H groups in total. The van der Waals surface area contributed by atoms with E-state index < -0.39 is 22.8 Å². The van der Waals surface area contributed by atoms with E-state index in [1.165, 1.54) is 0 Å². The third kappa shape index (κ3) is 5.21. The van der Waals surface area contributed by atoms with Gasteiger partial charge in [-0.05, 0) is 122 Å². The SMILES string of the molecule is CC(C)C1=C2[C@H]3CCC4[C@@]5(C)CC[C@H](OC(=O)CC(C)(C)C(=O)O)C(C)(C)C5CC[C@@]4(C)[C@]3(C)CC[C@@]2(C(=O)Nc2ncccn2)CC1=O. The highest BCUT2D eigenvalue weighted by molar-refractivity contribution is 6.09. The van der Waals surface area contributed by atoms with E-state index in [1.807, 2.05) is 0 Å². The van der Waals surface area contributed by atoms with Crippen molar-refractivity contribution in [2.75, 3.05) is 5.32 Å². The molecular formula is C40H57N3O6. The van der Waals surface area contributed by atoms with Crippen molar-refractivity contribution in [3.05, 3.63) is 29.6 Å². The lowest BCUT2D eigenvalue weighted by molar-refractivity contribution is -0.233. The van der Waals surface area contributed by atoms with E-state index in [9.17, 15) is 24.3 Å². The highest BCUT2D eigenvalue weighted by atomic mass is 16.5. The van der Waals surface area contributed by atoms with Gasteiger partial charge in [-0.25, -0.2) is 9.97 Å². The fraction of sp³-hybridized carbons (Fsp3) is 0.750. The molecule has 4 fully saturated rings. The van der Waals surface area contributed by atoms with Gasteiger partial charge in [-0.2, -0.15) is 0 Å². The van der Waals surface area contributed by atoms with Crippen LogP contribution in [0.4, 0.5) is 5.95 Å². The Kier molecular flexibility index (Phi) is 8.55. The van der Waals surface area contributed by atoms with Gasteiger partial charge in [-0.1, -0.05) is 48.5 Å². The van der Waals surface area contributed by atoms with Gasteiger partial charge >= 0.3 is 11.9 Å². The summed E-state index contributed by atoms with van der Waals surface area (Å²) in [4.78, 5) is 61.5. The number of carbonyl (C=O) groups excluding carboxylic acids is 3. The summed E-state index contributed by atoms with van der Waals surface area (Å²) in [7, 11) is 0. The van der Waals surface area contributed by atoms with E-state index >= 15 is 0 Å². The third-order valence-corrected chi connectivity index (χ3v) is 15.0. The maximum Gasteiger partial charge on any atom is 0.309 e. The van der Waals surface area contributed by atoms with E-state index in [0.29, 0.717) is 18.3 Å². The van der Waals surface area contributed by atoms with Crippen LogP contribution >= 0.6 is 0 Å². The fourth-order valence-corrected chi connectivity index (χ4v) is 12.3. The number of allylic oxidation sites excluding steroid dienone is 1. The molecule has 1 aromatic rings. The molecule has 5 aliphatic rings. The second-order valence-electron chi connectivity index (χ2n) is 18.5. The number of fused-ring (bicyclic) bond motifs is 7. The number of Topliss-reactive ketones (excluding diaryl/α,β-unsaturated/α-hetero) is 1. The molecule has 268 valence electrons. The van der Waals surface area contributed by atoms with Gasteiger partial charge in [0.05, 0.1) is 17.3 Å². The van der Waals surface area contributed by atoms with Crippen LogP contribution in [-0.4, -0.2) is 44.8 Å². The zero-order valence-corrected chi connectivity index (χ0v) is 31.1. The van der Waals surface area contributed by atoms with Gasteiger partial charge in [0.1, 0.15) is 6.10 Å². The number of hydrogen-bond acceptors (Lipinski definition) is 7. The highest BCUT2D eigenvalue weighted by Crippen LogP contribution is 2.76. The van der Waals surface area contributed by atoms with Gasteiger partial charge in [0.25, 0.3) is 0 Å². The Morgan fingerprint density at radius 3 is 2.24 bits per heavy atom. The Morgan fingerprint density at radius 2 is 1.61 bits per heavy atom. The van der Waals surface area contributed by atoms with E-state index in [1.54, 1.807) is 32.3 Å². The molecule has 0 radical (unpaired) electrons. The normalized spacial score (nSPS) is 38.2. The van der Waals surface area contributed by atoms with Gasteiger partial charge in [0.15, 0.2) is 5.78 Å². The quantitative estimate of drug-likeness (QED) is 0.280. The van der Waals surface area contributed by atoms with Crippen molar-refractivity contribution in [3.63, 3.8) is 0 Å². The maximum atomic E-state index is 14.3. The number of esters is 1. The number of carboxylic acid groups (broad SMARTS) is 1. The van der Waals surface area contributed by atoms with Crippen molar-refractivity contribution < 1.29 is 29.0 Å². The number of carboxylic acids is 1. The van der Waals surface area contributed by atoms with Crippen LogP contribution in [0.1, 0.15) is 127 Å². The van der Waals surface area contributed by atoms with Crippen LogP contribution in [0.5, 0.6) is 0 Å². The number of nitrogens with zero attached hydrogens (tertiary/aromatic N) is 2. The number of aromatic nitrogens is 2. The molecule has 6 rings (SSSR count). The molecule has 9 nitrogen and oxygen atoms in total. The van der Waals surface area contributed by atoms with E-state index in [4.69, 9.17) is 4.74 Å². The van der Waals surface area contributed by atoms with Crippen molar-refractivity contribution in [2.45, 2.75) is 133 Å². The predicted molar refractivity (Wildman–Crippen MR) is 186 cm³/mol. The second kappa shape index (κ2) is 11.7. The summed E-state index contributed by atoms with van der Waals surface area (Å²) in [5, 5.41) is 12.6. The molecule has 5 aliphatic carbocycles. The first-order valence-electron chi connectivity index (χ1n) is 18.5. The summed E-state index contributed by atoms with van der Waals surface area (Å²) in [6.07, 6.45) is 10.3. The summed E-state index contributed by atoms with van der Waals surface area (Å²) < 4.78 is 6.13. The zero-order valence-electron chi connectivity index (χ0n) is 31.1. The minimum atomic E-state index is -1.17. The molecule has 8 atom stereocenters. The Hall–Kier alpha value is -3.10. The van der Waals surface area contributed by atoms with Gasteiger partial charge in [0.2, 0.25) is 11.9 Å². The molecule has 0 aromatic carbocycles. The van der Waals surface area contributed by atoms with Crippen LogP contribution in [0.25, 0.3) is 0 Å².